The first-order valence-electron chi connectivity index (χ1n) is 5.15. The summed E-state index contributed by atoms with van der Waals surface area (Å²) in [4.78, 5) is 0. The Hall–Kier alpha value is -1.30. The van der Waals surface area contributed by atoms with E-state index < -0.39 is 0 Å². The third kappa shape index (κ3) is 1.52. The van der Waals surface area contributed by atoms with E-state index in [4.69, 9.17) is 0 Å². The molecule has 0 saturated carbocycles. The number of fused-ring (bicyclic) bond motifs is 1. The van der Waals surface area contributed by atoms with Gasteiger partial charge in [-0.1, -0.05) is 43.4 Å². The number of allylic oxidation sites excluding steroid dienone is 10. The molecule has 0 N–H and O–H groups in total. The van der Waals surface area contributed by atoms with Crippen molar-refractivity contribution >= 4 is 0 Å². The third-order valence-electron chi connectivity index (χ3n) is 2.94. The average Bonchev–Trinajstić information content (AvgIpc) is 2.39. The molecule has 0 saturated heterocycles. The van der Waals surface area contributed by atoms with Crippen molar-refractivity contribution in [1.29, 1.82) is 0 Å². The quantitative estimate of drug-likeness (QED) is 0.534. The van der Waals surface area contributed by atoms with Crippen molar-refractivity contribution in [2.24, 2.45) is 5.92 Å². The molecular formula is C14H16. The number of hydrogen-bond donors (Lipinski definition) is 0. The lowest BCUT2D eigenvalue weighted by Gasteiger charge is -2.06. The molecule has 72 valence electrons. The standard InChI is InChI=1S/C14H16/c1-10-5-4-6-14-12(3)11(2)9-13(14)8-7-10/h4-10H,1-3H3/b5-4-,8-7-,14-6-. The molecule has 0 heteroatoms. The highest BCUT2D eigenvalue weighted by molar-refractivity contribution is 5.63. The highest BCUT2D eigenvalue weighted by Gasteiger charge is 2.13. The van der Waals surface area contributed by atoms with Crippen LogP contribution in [0.2, 0.25) is 0 Å². The molecule has 0 amide bonds. The Balaban J connectivity index is 2.47. The zero-order valence-electron chi connectivity index (χ0n) is 9.04. The third-order valence-corrected chi connectivity index (χ3v) is 2.94. The minimum absolute atomic E-state index is 0.537. The van der Waals surface area contributed by atoms with Crippen molar-refractivity contribution in [2.45, 2.75) is 20.8 Å². The molecule has 0 heterocycles. The van der Waals surface area contributed by atoms with E-state index in [1.165, 1.54) is 22.3 Å². The van der Waals surface area contributed by atoms with Gasteiger partial charge in [0.1, 0.15) is 0 Å². The minimum Gasteiger partial charge on any atom is -0.0779 e. The zero-order valence-corrected chi connectivity index (χ0v) is 9.04. The van der Waals surface area contributed by atoms with Crippen molar-refractivity contribution in [3.63, 3.8) is 0 Å². The molecule has 0 spiro atoms. The normalized spacial score (nSPS) is 33.8. The van der Waals surface area contributed by atoms with Gasteiger partial charge in [-0.3, -0.25) is 0 Å². The first kappa shape index (κ1) is 9.26. The summed E-state index contributed by atoms with van der Waals surface area (Å²) in [6.45, 7) is 6.57. The van der Waals surface area contributed by atoms with Crippen molar-refractivity contribution in [2.75, 3.05) is 0 Å². The van der Waals surface area contributed by atoms with Crippen LogP contribution in [0.3, 0.4) is 0 Å². The first-order chi connectivity index (χ1) is 6.68. The van der Waals surface area contributed by atoms with Crippen LogP contribution in [-0.4, -0.2) is 0 Å². The molecule has 2 rings (SSSR count). The maximum Gasteiger partial charge on any atom is -0.00754 e. The molecule has 2 aliphatic carbocycles. The summed E-state index contributed by atoms with van der Waals surface area (Å²) in [5.41, 5.74) is 5.53. The predicted octanol–water partition coefficient (Wildman–Crippen LogP) is 3.95. The van der Waals surface area contributed by atoms with Crippen LogP contribution in [0.15, 0.2) is 58.7 Å². The first-order valence-corrected chi connectivity index (χ1v) is 5.15. The van der Waals surface area contributed by atoms with Crippen LogP contribution in [0.25, 0.3) is 0 Å². The van der Waals surface area contributed by atoms with E-state index in [0.29, 0.717) is 5.92 Å². The second-order valence-electron chi connectivity index (χ2n) is 4.09. The van der Waals surface area contributed by atoms with Crippen LogP contribution in [0.4, 0.5) is 0 Å². The van der Waals surface area contributed by atoms with Gasteiger partial charge in [-0.2, -0.15) is 0 Å². The van der Waals surface area contributed by atoms with Gasteiger partial charge in [0.25, 0.3) is 0 Å². The van der Waals surface area contributed by atoms with E-state index in [0.717, 1.165) is 0 Å². The van der Waals surface area contributed by atoms with E-state index in [2.05, 4.69) is 57.2 Å². The van der Waals surface area contributed by atoms with Gasteiger partial charge in [-0.05, 0) is 42.1 Å². The Morgan fingerprint density at radius 1 is 1.14 bits per heavy atom. The van der Waals surface area contributed by atoms with Crippen LogP contribution in [-0.2, 0) is 0 Å². The molecule has 0 aliphatic heterocycles. The summed E-state index contributed by atoms with van der Waals surface area (Å²) in [5, 5.41) is 0. The fourth-order valence-corrected chi connectivity index (χ4v) is 1.85. The predicted molar refractivity (Wildman–Crippen MR) is 62.0 cm³/mol. The summed E-state index contributed by atoms with van der Waals surface area (Å²) in [6, 6.07) is 0. The van der Waals surface area contributed by atoms with Crippen molar-refractivity contribution in [3.05, 3.63) is 58.7 Å². The van der Waals surface area contributed by atoms with Gasteiger partial charge in [0.15, 0.2) is 0 Å². The lowest BCUT2D eigenvalue weighted by atomic mass is 9.98. The second kappa shape index (κ2) is 3.45. The number of rotatable bonds is 0. The Morgan fingerprint density at radius 3 is 2.71 bits per heavy atom. The highest BCUT2D eigenvalue weighted by atomic mass is 14.2. The SMILES string of the molecule is CC1=C(C)/C2=C/C=C\C(C)/C=C\C2=C1. The molecule has 0 aromatic carbocycles. The zero-order chi connectivity index (χ0) is 10.1. The highest BCUT2D eigenvalue weighted by Crippen LogP contribution is 2.32. The molecule has 0 nitrogen and oxygen atoms in total. The molecule has 0 bridgehead atoms. The van der Waals surface area contributed by atoms with Gasteiger partial charge < -0.3 is 0 Å². The van der Waals surface area contributed by atoms with Crippen LogP contribution >= 0.6 is 0 Å². The van der Waals surface area contributed by atoms with Gasteiger partial charge in [0.2, 0.25) is 0 Å². The molecule has 0 aromatic rings. The molecule has 0 fully saturated rings. The number of hydrogen-bond acceptors (Lipinski definition) is 0. The minimum atomic E-state index is 0.537. The van der Waals surface area contributed by atoms with Crippen LogP contribution in [0.5, 0.6) is 0 Å². The van der Waals surface area contributed by atoms with Crippen LogP contribution < -0.4 is 0 Å². The van der Waals surface area contributed by atoms with Gasteiger partial charge >= 0.3 is 0 Å². The molecule has 1 atom stereocenters. The second-order valence-corrected chi connectivity index (χ2v) is 4.09. The summed E-state index contributed by atoms with van der Waals surface area (Å²) in [6.07, 6.45) is 13.4. The average molecular weight is 184 g/mol. The maximum atomic E-state index is 2.27. The summed E-state index contributed by atoms with van der Waals surface area (Å²) < 4.78 is 0. The Labute approximate surface area is 86.0 Å². The smallest absolute Gasteiger partial charge is 0.00754 e. The van der Waals surface area contributed by atoms with E-state index in [9.17, 15) is 0 Å². The fraction of sp³-hybridized carbons (Fsp3) is 0.286. The summed E-state index contributed by atoms with van der Waals surface area (Å²) >= 11 is 0. The van der Waals surface area contributed by atoms with E-state index >= 15 is 0 Å². The van der Waals surface area contributed by atoms with Crippen molar-refractivity contribution in [3.8, 4) is 0 Å². The molecule has 0 radical (unpaired) electrons. The topological polar surface area (TPSA) is 0 Å². The van der Waals surface area contributed by atoms with Crippen LogP contribution in [0.1, 0.15) is 20.8 Å². The monoisotopic (exact) mass is 184 g/mol. The van der Waals surface area contributed by atoms with Gasteiger partial charge in [-0.15, -0.1) is 0 Å². The Bertz CT molecular complexity index is 394. The lowest BCUT2D eigenvalue weighted by Crippen LogP contribution is -1.89. The van der Waals surface area contributed by atoms with Gasteiger partial charge in [0.05, 0.1) is 0 Å². The van der Waals surface area contributed by atoms with E-state index in [1.54, 1.807) is 0 Å². The van der Waals surface area contributed by atoms with Crippen molar-refractivity contribution in [1.82, 2.24) is 0 Å². The Morgan fingerprint density at radius 2 is 1.93 bits per heavy atom. The van der Waals surface area contributed by atoms with Gasteiger partial charge in [-0.25, -0.2) is 0 Å². The van der Waals surface area contributed by atoms with Gasteiger partial charge in [0, 0.05) is 0 Å². The van der Waals surface area contributed by atoms with E-state index in [-0.39, 0.29) is 0 Å². The largest absolute Gasteiger partial charge is 0.0779 e. The molecular weight excluding hydrogens is 168 g/mol. The van der Waals surface area contributed by atoms with Crippen molar-refractivity contribution < 1.29 is 0 Å². The molecule has 14 heavy (non-hydrogen) atoms. The molecule has 2 aliphatic rings. The van der Waals surface area contributed by atoms with E-state index in [1.807, 2.05) is 0 Å². The summed E-state index contributed by atoms with van der Waals surface area (Å²) in [7, 11) is 0. The lowest BCUT2D eigenvalue weighted by molar-refractivity contribution is 0.937. The molecule has 1 unspecified atom stereocenters. The molecule has 0 aromatic heterocycles. The Kier molecular flexibility index (Phi) is 2.28. The fourth-order valence-electron chi connectivity index (χ4n) is 1.85. The summed E-state index contributed by atoms with van der Waals surface area (Å²) in [5.74, 6) is 0.537. The maximum absolute atomic E-state index is 2.27. The van der Waals surface area contributed by atoms with Crippen LogP contribution in [0, 0.1) is 5.92 Å².